The number of benzene rings is 2. The van der Waals surface area contributed by atoms with Crippen LogP contribution in [-0.4, -0.2) is 44.4 Å². The van der Waals surface area contributed by atoms with Crippen molar-refractivity contribution in [2.75, 3.05) is 20.3 Å². The lowest BCUT2D eigenvalue weighted by Gasteiger charge is -2.27. The van der Waals surface area contributed by atoms with Gasteiger partial charge in [0.1, 0.15) is 18.8 Å². The fourth-order valence-corrected chi connectivity index (χ4v) is 2.76. The van der Waals surface area contributed by atoms with Crippen LogP contribution in [0, 0.1) is 0 Å². The van der Waals surface area contributed by atoms with Gasteiger partial charge in [-0.05, 0) is 17.7 Å². The van der Waals surface area contributed by atoms with Gasteiger partial charge >= 0.3 is 6.09 Å². The fraction of sp³-hybridized carbons (Fsp3) is 0.300. The zero-order valence-electron chi connectivity index (χ0n) is 15.0. The number of amides is 2. The number of carbonyl (C=O) groups excluding carboxylic acids is 2. The van der Waals surface area contributed by atoms with E-state index in [1.165, 1.54) is 7.11 Å². The van der Waals surface area contributed by atoms with E-state index in [1.807, 2.05) is 54.6 Å². The van der Waals surface area contributed by atoms with Crippen LogP contribution in [0.3, 0.4) is 0 Å². The van der Waals surface area contributed by atoms with E-state index in [0.717, 1.165) is 5.56 Å². The van der Waals surface area contributed by atoms with Crippen molar-refractivity contribution in [1.29, 1.82) is 0 Å². The Hall–Kier alpha value is -3.22. The van der Waals surface area contributed by atoms with Crippen molar-refractivity contribution in [2.45, 2.75) is 18.6 Å². The van der Waals surface area contributed by atoms with Crippen LogP contribution in [0.15, 0.2) is 54.6 Å². The number of fused-ring (bicyclic) bond motifs is 1. The molecule has 0 saturated carbocycles. The molecule has 0 saturated heterocycles. The molecule has 2 atom stereocenters. The molecule has 2 unspecified atom stereocenters. The Balaban J connectivity index is 1.58. The maximum absolute atomic E-state index is 12.6. The van der Waals surface area contributed by atoms with Crippen molar-refractivity contribution >= 4 is 12.0 Å². The Morgan fingerprint density at radius 3 is 2.56 bits per heavy atom. The number of rotatable bonds is 6. The SMILES string of the molecule is COC(=O)NC(Cc1ccccc1)C(=O)NCC1COc2ccccc2O1. The summed E-state index contributed by atoms with van der Waals surface area (Å²) in [5.74, 6) is 1.03. The van der Waals surface area contributed by atoms with Crippen LogP contribution in [0.5, 0.6) is 11.5 Å². The van der Waals surface area contributed by atoms with Gasteiger partial charge in [0.2, 0.25) is 5.91 Å². The van der Waals surface area contributed by atoms with E-state index in [9.17, 15) is 9.59 Å². The van der Waals surface area contributed by atoms with E-state index in [0.29, 0.717) is 24.5 Å². The average Bonchev–Trinajstić information content (AvgIpc) is 2.72. The number of hydrogen-bond acceptors (Lipinski definition) is 5. The van der Waals surface area contributed by atoms with Crippen molar-refractivity contribution in [3.8, 4) is 11.5 Å². The van der Waals surface area contributed by atoms with Gasteiger partial charge in [0.15, 0.2) is 11.5 Å². The van der Waals surface area contributed by atoms with Crippen LogP contribution >= 0.6 is 0 Å². The van der Waals surface area contributed by atoms with Crippen LogP contribution in [0.25, 0.3) is 0 Å². The van der Waals surface area contributed by atoms with Gasteiger partial charge in [-0.1, -0.05) is 42.5 Å². The third-order valence-electron chi connectivity index (χ3n) is 4.15. The van der Waals surface area contributed by atoms with E-state index in [1.54, 1.807) is 0 Å². The monoisotopic (exact) mass is 370 g/mol. The van der Waals surface area contributed by atoms with Gasteiger partial charge < -0.3 is 24.8 Å². The highest BCUT2D eigenvalue weighted by molar-refractivity contribution is 5.85. The molecule has 1 heterocycles. The summed E-state index contributed by atoms with van der Waals surface area (Å²) in [6.45, 7) is 0.604. The van der Waals surface area contributed by atoms with Gasteiger partial charge in [-0.3, -0.25) is 4.79 Å². The molecule has 142 valence electrons. The molecule has 0 aliphatic carbocycles. The molecule has 7 heteroatoms. The minimum Gasteiger partial charge on any atom is -0.486 e. The molecule has 2 aromatic rings. The zero-order chi connectivity index (χ0) is 19.1. The first kappa shape index (κ1) is 18.6. The summed E-state index contributed by atoms with van der Waals surface area (Å²) in [5, 5.41) is 5.39. The predicted molar refractivity (Wildman–Crippen MR) is 98.8 cm³/mol. The molecule has 0 fully saturated rings. The summed E-state index contributed by atoms with van der Waals surface area (Å²) in [6.07, 6.45) is -0.608. The second-order valence-electron chi connectivity index (χ2n) is 6.12. The normalized spacial score (nSPS) is 16.1. The molecular formula is C20H22N2O5. The van der Waals surface area contributed by atoms with Crippen LogP contribution < -0.4 is 20.1 Å². The molecule has 3 rings (SSSR count). The summed E-state index contributed by atoms with van der Waals surface area (Å²) < 4.78 is 16.1. The van der Waals surface area contributed by atoms with Crippen molar-refractivity contribution in [3.63, 3.8) is 0 Å². The number of hydrogen-bond donors (Lipinski definition) is 2. The molecule has 0 radical (unpaired) electrons. The molecule has 2 amide bonds. The molecule has 0 spiro atoms. The van der Waals surface area contributed by atoms with Crippen molar-refractivity contribution in [2.24, 2.45) is 0 Å². The Morgan fingerprint density at radius 1 is 1.11 bits per heavy atom. The second-order valence-corrected chi connectivity index (χ2v) is 6.12. The third-order valence-corrected chi connectivity index (χ3v) is 4.15. The number of para-hydroxylation sites is 2. The number of ether oxygens (including phenoxy) is 3. The third kappa shape index (κ3) is 5.13. The highest BCUT2D eigenvalue weighted by Crippen LogP contribution is 2.30. The Morgan fingerprint density at radius 2 is 1.81 bits per heavy atom. The summed E-state index contributed by atoms with van der Waals surface area (Å²) >= 11 is 0. The summed E-state index contributed by atoms with van der Waals surface area (Å²) in [4.78, 5) is 24.2. The van der Waals surface area contributed by atoms with Crippen molar-refractivity contribution < 1.29 is 23.8 Å². The van der Waals surface area contributed by atoms with E-state index in [4.69, 9.17) is 9.47 Å². The Bertz CT molecular complexity index is 781. The number of methoxy groups -OCH3 is 1. The van der Waals surface area contributed by atoms with Gasteiger partial charge in [0.25, 0.3) is 0 Å². The van der Waals surface area contributed by atoms with E-state index in [2.05, 4.69) is 15.4 Å². The van der Waals surface area contributed by atoms with Gasteiger partial charge in [-0.15, -0.1) is 0 Å². The highest BCUT2D eigenvalue weighted by Gasteiger charge is 2.25. The molecule has 2 N–H and O–H groups in total. The Labute approximate surface area is 157 Å². The number of carbonyl (C=O) groups is 2. The smallest absolute Gasteiger partial charge is 0.407 e. The predicted octanol–water partition coefficient (Wildman–Crippen LogP) is 1.91. The second kappa shape index (κ2) is 8.93. The first-order chi connectivity index (χ1) is 13.2. The van der Waals surface area contributed by atoms with Gasteiger partial charge in [-0.25, -0.2) is 4.79 Å². The quantitative estimate of drug-likeness (QED) is 0.811. The minimum atomic E-state index is -0.753. The maximum Gasteiger partial charge on any atom is 0.407 e. The maximum atomic E-state index is 12.6. The molecule has 0 bridgehead atoms. The lowest BCUT2D eigenvalue weighted by atomic mass is 10.1. The average molecular weight is 370 g/mol. The molecular weight excluding hydrogens is 348 g/mol. The van der Waals surface area contributed by atoms with E-state index < -0.39 is 12.1 Å². The molecule has 1 aliphatic heterocycles. The van der Waals surface area contributed by atoms with Crippen LogP contribution in [-0.2, 0) is 16.0 Å². The fourth-order valence-electron chi connectivity index (χ4n) is 2.76. The topological polar surface area (TPSA) is 85.9 Å². The molecule has 27 heavy (non-hydrogen) atoms. The lowest BCUT2D eigenvalue weighted by Crippen LogP contribution is -2.50. The molecule has 7 nitrogen and oxygen atoms in total. The van der Waals surface area contributed by atoms with E-state index >= 15 is 0 Å². The van der Waals surface area contributed by atoms with Crippen LogP contribution in [0.4, 0.5) is 4.79 Å². The number of alkyl carbamates (subject to hydrolysis) is 1. The first-order valence-corrected chi connectivity index (χ1v) is 8.70. The summed E-state index contributed by atoms with van der Waals surface area (Å²) in [7, 11) is 1.26. The minimum absolute atomic E-state index is 0.265. The highest BCUT2D eigenvalue weighted by atomic mass is 16.6. The largest absolute Gasteiger partial charge is 0.486 e. The molecule has 0 aromatic heterocycles. The zero-order valence-corrected chi connectivity index (χ0v) is 15.0. The Kier molecular flexibility index (Phi) is 6.14. The van der Waals surface area contributed by atoms with Crippen molar-refractivity contribution in [1.82, 2.24) is 10.6 Å². The standard InChI is InChI=1S/C20H22N2O5/c1-25-20(24)22-16(11-14-7-3-2-4-8-14)19(23)21-12-15-13-26-17-9-5-6-10-18(17)27-15/h2-10,15-16H,11-13H2,1H3,(H,21,23)(H,22,24). The van der Waals surface area contributed by atoms with Gasteiger partial charge in [0.05, 0.1) is 13.7 Å². The van der Waals surface area contributed by atoms with Crippen LogP contribution in [0.1, 0.15) is 5.56 Å². The number of nitrogens with one attached hydrogen (secondary N) is 2. The van der Waals surface area contributed by atoms with Crippen LogP contribution in [0.2, 0.25) is 0 Å². The molecule has 2 aromatic carbocycles. The van der Waals surface area contributed by atoms with Gasteiger partial charge in [-0.2, -0.15) is 0 Å². The van der Waals surface area contributed by atoms with Gasteiger partial charge in [0, 0.05) is 6.42 Å². The lowest BCUT2D eigenvalue weighted by molar-refractivity contribution is -0.123. The summed E-state index contributed by atoms with van der Waals surface area (Å²) in [6, 6.07) is 16.1. The van der Waals surface area contributed by atoms with Crippen molar-refractivity contribution in [3.05, 3.63) is 60.2 Å². The van der Waals surface area contributed by atoms with E-state index in [-0.39, 0.29) is 18.6 Å². The molecule has 1 aliphatic rings. The first-order valence-electron chi connectivity index (χ1n) is 8.70. The summed E-state index contributed by atoms with van der Waals surface area (Å²) in [5.41, 5.74) is 0.931.